The van der Waals surface area contributed by atoms with Crippen molar-refractivity contribution in [1.82, 2.24) is 24.9 Å². The lowest BCUT2D eigenvalue weighted by atomic mass is 10.0. The molecule has 0 bridgehead atoms. The summed E-state index contributed by atoms with van der Waals surface area (Å²) >= 11 is 0. The number of benzene rings is 2. The van der Waals surface area contributed by atoms with Gasteiger partial charge in [-0.2, -0.15) is 0 Å². The number of aryl methyl sites for hydroxylation is 1. The Bertz CT molecular complexity index is 1870. The summed E-state index contributed by atoms with van der Waals surface area (Å²) in [5.41, 5.74) is 8.57. The number of hydrogen-bond donors (Lipinski definition) is 3. The Labute approximate surface area is 230 Å². The van der Waals surface area contributed by atoms with E-state index < -0.39 is 0 Å². The summed E-state index contributed by atoms with van der Waals surface area (Å²) in [4.78, 5) is 33.1. The van der Waals surface area contributed by atoms with Crippen molar-refractivity contribution in [1.29, 1.82) is 0 Å². The molecule has 0 aliphatic heterocycles. The zero-order chi connectivity index (χ0) is 27.8. The van der Waals surface area contributed by atoms with Crippen LogP contribution in [0.4, 0.5) is 10.1 Å². The molecule has 0 saturated heterocycles. The lowest BCUT2D eigenvalue weighted by molar-refractivity contribution is -0.116. The Balaban J connectivity index is 1.44. The predicted octanol–water partition coefficient (Wildman–Crippen LogP) is 7.52. The third kappa shape index (κ3) is 4.84. The third-order valence-corrected chi connectivity index (χ3v) is 6.95. The minimum atomic E-state index is -0.305. The molecule has 1 amide bonds. The Morgan fingerprint density at radius 3 is 2.58 bits per heavy atom. The van der Waals surface area contributed by atoms with Crippen LogP contribution in [0.15, 0.2) is 73.3 Å². The van der Waals surface area contributed by atoms with Gasteiger partial charge in [0, 0.05) is 52.1 Å². The highest BCUT2D eigenvalue weighted by molar-refractivity contribution is 6.01. The molecule has 0 aliphatic rings. The lowest BCUT2D eigenvalue weighted by Crippen LogP contribution is -2.13. The number of aromatic amines is 2. The van der Waals surface area contributed by atoms with Gasteiger partial charge in [-0.05, 0) is 53.8 Å². The maximum atomic E-state index is 14.0. The minimum absolute atomic E-state index is 0.0260. The topological polar surface area (TPSA) is 99.3 Å². The van der Waals surface area contributed by atoms with Gasteiger partial charge in [-0.1, -0.05) is 39.0 Å². The van der Waals surface area contributed by atoms with Crippen LogP contribution in [-0.2, 0) is 11.2 Å². The van der Waals surface area contributed by atoms with E-state index in [2.05, 4.69) is 44.3 Å². The maximum Gasteiger partial charge on any atom is 0.224 e. The second kappa shape index (κ2) is 10.4. The first kappa shape index (κ1) is 25.4. The number of imidazole rings is 1. The van der Waals surface area contributed by atoms with Crippen molar-refractivity contribution in [2.24, 2.45) is 5.92 Å². The molecule has 8 heteroatoms. The summed E-state index contributed by atoms with van der Waals surface area (Å²) in [5.74, 6) is 0.661. The first-order valence-corrected chi connectivity index (χ1v) is 13.4. The summed E-state index contributed by atoms with van der Waals surface area (Å²) < 4.78 is 14.0. The monoisotopic (exact) mass is 532 g/mol. The summed E-state index contributed by atoms with van der Waals surface area (Å²) in [7, 11) is 0. The van der Waals surface area contributed by atoms with Crippen LogP contribution in [0.1, 0.15) is 32.9 Å². The number of anilines is 1. The number of amides is 1. The van der Waals surface area contributed by atoms with E-state index in [1.807, 2.05) is 32.0 Å². The van der Waals surface area contributed by atoms with E-state index in [-0.39, 0.29) is 17.6 Å². The molecule has 0 saturated carbocycles. The van der Waals surface area contributed by atoms with Gasteiger partial charge in [0.25, 0.3) is 0 Å². The van der Waals surface area contributed by atoms with Crippen molar-refractivity contribution < 1.29 is 9.18 Å². The predicted molar refractivity (Wildman–Crippen MR) is 157 cm³/mol. The Morgan fingerprint density at radius 1 is 0.925 bits per heavy atom. The Kier molecular flexibility index (Phi) is 6.59. The molecule has 0 unspecified atom stereocenters. The van der Waals surface area contributed by atoms with Crippen molar-refractivity contribution >= 4 is 33.5 Å². The minimum Gasteiger partial charge on any atom is -0.358 e. The van der Waals surface area contributed by atoms with Crippen LogP contribution in [0.3, 0.4) is 0 Å². The van der Waals surface area contributed by atoms with E-state index in [0.717, 1.165) is 61.9 Å². The number of hydrogen-bond acceptors (Lipinski definition) is 4. The molecule has 4 aromatic heterocycles. The van der Waals surface area contributed by atoms with Gasteiger partial charge in [-0.3, -0.25) is 14.8 Å². The second-order valence-corrected chi connectivity index (χ2v) is 10.4. The highest BCUT2D eigenvalue weighted by Gasteiger charge is 2.19. The van der Waals surface area contributed by atoms with Crippen molar-refractivity contribution in [2.75, 3.05) is 5.32 Å². The molecule has 6 aromatic rings. The van der Waals surface area contributed by atoms with E-state index in [1.54, 1.807) is 30.9 Å². The van der Waals surface area contributed by atoms with Gasteiger partial charge in [0.15, 0.2) is 0 Å². The molecule has 0 spiro atoms. The first-order valence-electron chi connectivity index (χ1n) is 13.4. The van der Waals surface area contributed by atoms with Crippen LogP contribution in [0.25, 0.3) is 55.6 Å². The second-order valence-electron chi connectivity index (χ2n) is 10.4. The summed E-state index contributed by atoms with van der Waals surface area (Å²) in [6.45, 7) is 6.14. The summed E-state index contributed by atoms with van der Waals surface area (Å²) in [6, 6.07) is 14.6. The number of rotatable bonds is 7. The van der Waals surface area contributed by atoms with Gasteiger partial charge < -0.3 is 15.3 Å². The number of halogens is 1. The highest BCUT2D eigenvalue weighted by atomic mass is 19.1. The van der Waals surface area contributed by atoms with Crippen molar-refractivity contribution in [3.05, 3.63) is 84.8 Å². The molecular weight excluding hydrogens is 503 g/mol. The smallest absolute Gasteiger partial charge is 0.224 e. The van der Waals surface area contributed by atoms with E-state index in [0.29, 0.717) is 17.9 Å². The molecule has 0 radical (unpaired) electrons. The Morgan fingerprint density at radius 2 is 1.77 bits per heavy atom. The van der Waals surface area contributed by atoms with Crippen LogP contribution in [0.2, 0.25) is 0 Å². The van der Waals surface area contributed by atoms with Crippen LogP contribution in [-0.4, -0.2) is 30.8 Å². The molecule has 40 heavy (non-hydrogen) atoms. The standard InChI is InChI=1S/C32H29FN6O/c1-4-26-30(32-38-28-17-35-16-25(31(28)39-32)20-6-5-7-22(33)11-20)24-13-19(8-9-27(24)37-26)21-12-23(15-34-14-21)36-29(40)10-18(2)3/h5-9,11-18,37H,4,10H2,1-3H3,(H,36,40)(H,38,39). The van der Waals surface area contributed by atoms with Crippen LogP contribution in [0, 0.1) is 11.7 Å². The van der Waals surface area contributed by atoms with Crippen LogP contribution >= 0.6 is 0 Å². The van der Waals surface area contributed by atoms with Crippen molar-refractivity contribution in [3.8, 4) is 33.6 Å². The largest absolute Gasteiger partial charge is 0.358 e. The fourth-order valence-corrected chi connectivity index (χ4v) is 5.13. The SMILES string of the molecule is CCc1[nH]c2ccc(-c3cncc(NC(=O)CC(C)C)c3)cc2c1-c1nc2c(-c3cccc(F)c3)cncc2[nH]1. The first-order chi connectivity index (χ1) is 19.4. The molecule has 6 rings (SSSR count). The average molecular weight is 533 g/mol. The maximum absolute atomic E-state index is 14.0. The number of aromatic nitrogens is 5. The molecule has 0 atom stereocenters. The van der Waals surface area contributed by atoms with Gasteiger partial charge in [0.2, 0.25) is 5.91 Å². The van der Waals surface area contributed by atoms with Crippen molar-refractivity contribution in [3.63, 3.8) is 0 Å². The van der Waals surface area contributed by atoms with Crippen LogP contribution < -0.4 is 5.32 Å². The lowest BCUT2D eigenvalue weighted by Gasteiger charge is -2.09. The van der Waals surface area contributed by atoms with Gasteiger partial charge in [-0.15, -0.1) is 0 Å². The number of nitrogens with zero attached hydrogens (tertiary/aromatic N) is 3. The van der Waals surface area contributed by atoms with E-state index >= 15 is 0 Å². The van der Waals surface area contributed by atoms with Crippen LogP contribution in [0.5, 0.6) is 0 Å². The number of pyridine rings is 2. The molecular formula is C32H29FN6O. The van der Waals surface area contributed by atoms with Gasteiger partial charge in [-0.25, -0.2) is 9.37 Å². The van der Waals surface area contributed by atoms with E-state index in [1.165, 1.54) is 12.1 Å². The zero-order valence-corrected chi connectivity index (χ0v) is 22.5. The van der Waals surface area contributed by atoms with Gasteiger partial charge in [0.1, 0.15) is 11.6 Å². The third-order valence-electron chi connectivity index (χ3n) is 6.95. The molecule has 4 heterocycles. The normalized spacial score (nSPS) is 11.5. The van der Waals surface area contributed by atoms with E-state index in [4.69, 9.17) is 4.98 Å². The molecule has 3 N–H and O–H groups in total. The van der Waals surface area contributed by atoms with E-state index in [9.17, 15) is 9.18 Å². The molecule has 0 aliphatic carbocycles. The molecule has 7 nitrogen and oxygen atoms in total. The fourth-order valence-electron chi connectivity index (χ4n) is 5.13. The molecule has 0 fully saturated rings. The molecule has 200 valence electrons. The quantitative estimate of drug-likeness (QED) is 0.198. The molecule has 2 aromatic carbocycles. The van der Waals surface area contributed by atoms with Crippen molar-refractivity contribution in [2.45, 2.75) is 33.6 Å². The number of fused-ring (bicyclic) bond motifs is 2. The van der Waals surface area contributed by atoms with Gasteiger partial charge in [0.05, 0.1) is 29.1 Å². The number of H-pyrrole nitrogens is 2. The fraction of sp³-hybridized carbons (Fsp3) is 0.188. The number of carbonyl (C=O) groups excluding carboxylic acids is 1. The number of carbonyl (C=O) groups is 1. The summed E-state index contributed by atoms with van der Waals surface area (Å²) in [5, 5.41) is 3.97. The summed E-state index contributed by atoms with van der Waals surface area (Å²) in [6.07, 6.45) is 8.15. The van der Waals surface area contributed by atoms with Gasteiger partial charge >= 0.3 is 0 Å². The number of nitrogens with one attached hydrogen (secondary N) is 3. The zero-order valence-electron chi connectivity index (χ0n) is 22.5. The highest BCUT2D eigenvalue weighted by Crippen LogP contribution is 2.37. The Hall–Kier alpha value is -4.85. The average Bonchev–Trinajstić information content (AvgIpc) is 3.53.